The minimum atomic E-state index is -0.349. The molecule has 1 aliphatic heterocycles. The van der Waals surface area contributed by atoms with Crippen molar-refractivity contribution in [1.82, 2.24) is 19.6 Å². The normalized spacial score (nSPS) is 13.7. The zero-order valence-corrected chi connectivity index (χ0v) is 19.3. The number of hydrogen-bond acceptors (Lipinski definition) is 5. The van der Waals surface area contributed by atoms with Gasteiger partial charge in [-0.15, -0.1) is 0 Å². The lowest BCUT2D eigenvalue weighted by Crippen LogP contribution is -2.51. The highest BCUT2D eigenvalue weighted by Gasteiger charge is 2.28. The average molecular weight is 469 g/mol. The molecule has 8 nitrogen and oxygen atoms in total. The van der Waals surface area contributed by atoms with Crippen molar-refractivity contribution < 1.29 is 19.1 Å². The summed E-state index contributed by atoms with van der Waals surface area (Å²) in [5.74, 6) is 0.590. The predicted molar refractivity (Wildman–Crippen MR) is 125 cm³/mol. The first kappa shape index (κ1) is 22.7. The molecule has 1 aliphatic rings. The van der Waals surface area contributed by atoms with Gasteiger partial charge in [0.1, 0.15) is 11.4 Å². The van der Waals surface area contributed by atoms with Gasteiger partial charge in [-0.25, -0.2) is 9.48 Å². The topological polar surface area (TPSA) is 76.9 Å². The van der Waals surface area contributed by atoms with Crippen LogP contribution in [0, 0.1) is 0 Å². The maximum absolute atomic E-state index is 13.5. The molecule has 0 unspecified atom stereocenters. The largest absolute Gasteiger partial charge is 0.497 e. The lowest BCUT2D eigenvalue weighted by atomic mass is 10.1. The van der Waals surface area contributed by atoms with Gasteiger partial charge in [0, 0.05) is 36.8 Å². The Bertz CT molecular complexity index is 1120. The monoisotopic (exact) mass is 468 g/mol. The Labute approximate surface area is 197 Å². The van der Waals surface area contributed by atoms with E-state index in [1.54, 1.807) is 46.7 Å². The Kier molecular flexibility index (Phi) is 6.84. The van der Waals surface area contributed by atoms with E-state index < -0.39 is 0 Å². The molecule has 0 aliphatic carbocycles. The number of nitrogens with zero attached hydrogens (tertiary/aromatic N) is 4. The van der Waals surface area contributed by atoms with Gasteiger partial charge in [-0.1, -0.05) is 11.6 Å². The molecule has 0 radical (unpaired) electrons. The van der Waals surface area contributed by atoms with Crippen LogP contribution in [0.15, 0.2) is 54.6 Å². The maximum Gasteiger partial charge on any atom is 0.409 e. The van der Waals surface area contributed by atoms with Crippen LogP contribution in [0.1, 0.15) is 17.4 Å². The first-order valence-corrected chi connectivity index (χ1v) is 11.1. The van der Waals surface area contributed by atoms with Crippen molar-refractivity contribution in [3.8, 4) is 22.7 Å². The zero-order chi connectivity index (χ0) is 23.4. The lowest BCUT2D eigenvalue weighted by Gasteiger charge is -2.34. The Morgan fingerprint density at radius 2 is 1.61 bits per heavy atom. The molecule has 0 N–H and O–H groups in total. The molecule has 0 bridgehead atoms. The summed E-state index contributed by atoms with van der Waals surface area (Å²) in [6.07, 6.45) is -0.349. The number of rotatable bonds is 5. The van der Waals surface area contributed by atoms with Gasteiger partial charge < -0.3 is 19.3 Å². The molecular formula is C24H25ClN4O4. The average Bonchev–Trinajstić information content (AvgIpc) is 3.30. The first-order valence-electron chi connectivity index (χ1n) is 10.7. The minimum Gasteiger partial charge on any atom is -0.497 e. The maximum atomic E-state index is 13.5. The van der Waals surface area contributed by atoms with Crippen LogP contribution in [0.25, 0.3) is 16.9 Å². The van der Waals surface area contributed by atoms with E-state index in [2.05, 4.69) is 0 Å². The van der Waals surface area contributed by atoms with Crippen LogP contribution in [0.2, 0.25) is 5.02 Å². The molecule has 2 amide bonds. The van der Waals surface area contributed by atoms with Crippen molar-refractivity contribution >= 4 is 23.6 Å². The van der Waals surface area contributed by atoms with E-state index in [4.69, 9.17) is 26.2 Å². The third-order valence-corrected chi connectivity index (χ3v) is 5.73. The van der Waals surface area contributed by atoms with E-state index in [9.17, 15) is 9.59 Å². The second kappa shape index (κ2) is 9.95. The molecule has 33 heavy (non-hydrogen) atoms. The zero-order valence-electron chi connectivity index (χ0n) is 18.5. The molecule has 3 aromatic rings. The number of amides is 2. The number of carbonyl (C=O) groups excluding carboxylic acids is 2. The van der Waals surface area contributed by atoms with E-state index in [1.807, 2.05) is 36.4 Å². The summed E-state index contributed by atoms with van der Waals surface area (Å²) in [4.78, 5) is 28.8. The molecule has 0 spiro atoms. The summed E-state index contributed by atoms with van der Waals surface area (Å²) < 4.78 is 11.9. The van der Waals surface area contributed by atoms with Crippen LogP contribution in [-0.4, -0.2) is 71.5 Å². The van der Waals surface area contributed by atoms with Crippen molar-refractivity contribution in [2.75, 3.05) is 39.9 Å². The number of methoxy groups -OCH3 is 1. The summed E-state index contributed by atoms with van der Waals surface area (Å²) in [6, 6.07) is 16.5. The van der Waals surface area contributed by atoms with E-state index >= 15 is 0 Å². The molecule has 1 saturated heterocycles. The number of aromatic nitrogens is 2. The molecule has 4 rings (SSSR count). The third-order valence-electron chi connectivity index (χ3n) is 5.48. The van der Waals surface area contributed by atoms with Gasteiger partial charge in [-0.2, -0.15) is 5.10 Å². The molecule has 1 fully saturated rings. The minimum absolute atomic E-state index is 0.152. The quantitative estimate of drug-likeness (QED) is 0.563. The second-order valence-electron chi connectivity index (χ2n) is 7.51. The van der Waals surface area contributed by atoms with E-state index in [1.165, 1.54) is 0 Å². The van der Waals surface area contributed by atoms with Crippen molar-refractivity contribution in [2.45, 2.75) is 6.92 Å². The van der Waals surface area contributed by atoms with Gasteiger partial charge >= 0.3 is 6.09 Å². The molecule has 172 valence electrons. The van der Waals surface area contributed by atoms with E-state index in [0.29, 0.717) is 49.2 Å². The third kappa shape index (κ3) is 4.96. The molecule has 0 saturated carbocycles. The van der Waals surface area contributed by atoms with Crippen molar-refractivity contribution in [3.63, 3.8) is 0 Å². The smallest absolute Gasteiger partial charge is 0.409 e. The summed E-state index contributed by atoms with van der Waals surface area (Å²) >= 11 is 6.06. The Balaban J connectivity index is 1.63. The van der Waals surface area contributed by atoms with Crippen LogP contribution in [0.3, 0.4) is 0 Å². The van der Waals surface area contributed by atoms with Gasteiger partial charge in [-0.3, -0.25) is 4.79 Å². The van der Waals surface area contributed by atoms with E-state index in [-0.39, 0.29) is 12.0 Å². The fraction of sp³-hybridized carbons (Fsp3) is 0.292. The fourth-order valence-electron chi connectivity index (χ4n) is 3.68. The fourth-order valence-corrected chi connectivity index (χ4v) is 3.81. The second-order valence-corrected chi connectivity index (χ2v) is 7.95. The SMILES string of the molecule is CCOC(=O)N1CCN(C(=O)c2cc(-c3ccc(OC)cc3)nn2-c2ccc(Cl)cc2)CC1. The highest BCUT2D eigenvalue weighted by atomic mass is 35.5. The summed E-state index contributed by atoms with van der Waals surface area (Å²) in [5.41, 5.74) is 2.70. The number of benzene rings is 2. The Morgan fingerprint density at radius 1 is 0.970 bits per heavy atom. The lowest BCUT2D eigenvalue weighted by molar-refractivity contribution is 0.0563. The van der Waals surface area contributed by atoms with Gasteiger partial charge in [0.15, 0.2) is 0 Å². The van der Waals surface area contributed by atoms with E-state index in [0.717, 1.165) is 17.0 Å². The Morgan fingerprint density at radius 3 is 2.21 bits per heavy atom. The van der Waals surface area contributed by atoms with Crippen molar-refractivity contribution in [2.24, 2.45) is 0 Å². The predicted octanol–water partition coefficient (Wildman–Crippen LogP) is 4.12. The van der Waals surface area contributed by atoms with Crippen LogP contribution < -0.4 is 4.74 Å². The molecular weight excluding hydrogens is 444 g/mol. The van der Waals surface area contributed by atoms with Gasteiger partial charge in [0.05, 0.1) is 25.1 Å². The molecule has 2 heterocycles. The number of carbonyl (C=O) groups is 2. The molecule has 0 atom stereocenters. The highest BCUT2D eigenvalue weighted by molar-refractivity contribution is 6.30. The number of piperazine rings is 1. The van der Waals surface area contributed by atoms with Gasteiger partial charge in [0.25, 0.3) is 5.91 Å². The first-order chi connectivity index (χ1) is 16.0. The van der Waals surface area contributed by atoms with Gasteiger partial charge in [0.2, 0.25) is 0 Å². The Hall–Kier alpha value is -3.52. The number of hydrogen-bond donors (Lipinski definition) is 0. The standard InChI is InChI=1S/C24H25ClN4O4/c1-3-33-24(31)28-14-12-27(13-15-28)23(30)22-16-21(17-4-10-20(32-2)11-5-17)26-29(22)19-8-6-18(25)7-9-19/h4-11,16H,3,12-15H2,1-2H3. The highest BCUT2D eigenvalue weighted by Crippen LogP contribution is 2.25. The summed E-state index contributed by atoms with van der Waals surface area (Å²) in [7, 11) is 1.61. The number of halogens is 1. The number of ether oxygens (including phenoxy) is 2. The van der Waals surface area contributed by atoms with Crippen LogP contribution in [-0.2, 0) is 4.74 Å². The van der Waals surface area contributed by atoms with Crippen molar-refractivity contribution in [1.29, 1.82) is 0 Å². The van der Waals surface area contributed by atoms with Crippen LogP contribution in [0.5, 0.6) is 5.75 Å². The van der Waals surface area contributed by atoms with Crippen LogP contribution >= 0.6 is 11.6 Å². The molecule has 9 heteroatoms. The summed E-state index contributed by atoms with van der Waals surface area (Å²) in [6.45, 7) is 3.78. The molecule has 1 aromatic heterocycles. The summed E-state index contributed by atoms with van der Waals surface area (Å²) in [5, 5.41) is 5.32. The van der Waals surface area contributed by atoms with Crippen molar-refractivity contribution in [3.05, 3.63) is 65.3 Å². The van der Waals surface area contributed by atoms with Gasteiger partial charge in [-0.05, 0) is 61.5 Å². The van der Waals surface area contributed by atoms with Crippen LogP contribution in [0.4, 0.5) is 4.79 Å². The molecule has 2 aromatic carbocycles.